The first-order valence-corrected chi connectivity index (χ1v) is 6.83. The van der Waals surface area contributed by atoms with Gasteiger partial charge in [0.05, 0.1) is 4.47 Å². The molecule has 0 radical (unpaired) electrons. The van der Waals surface area contributed by atoms with E-state index in [4.69, 9.17) is 17.0 Å². The maximum atomic E-state index is 5.72. The summed E-state index contributed by atoms with van der Waals surface area (Å²) in [5, 5.41) is 6.83. The molecule has 0 aliphatic heterocycles. The summed E-state index contributed by atoms with van der Waals surface area (Å²) in [6, 6.07) is 6.09. The van der Waals surface area contributed by atoms with Crippen molar-refractivity contribution in [2.75, 3.05) is 0 Å². The summed E-state index contributed by atoms with van der Waals surface area (Å²) in [7, 11) is 1.86. The normalized spacial score (nSPS) is 10.6. The summed E-state index contributed by atoms with van der Waals surface area (Å²) in [5.74, 6) is 1.58. The van der Waals surface area contributed by atoms with Gasteiger partial charge in [0.25, 0.3) is 0 Å². The first kappa shape index (κ1) is 13.3. The van der Waals surface area contributed by atoms with Crippen LogP contribution in [0.5, 0.6) is 5.75 Å². The monoisotopic (exact) mass is 327 g/mol. The maximum Gasteiger partial charge on any atom is 0.194 e. The second-order valence-corrected chi connectivity index (χ2v) is 5.15. The molecule has 0 saturated carbocycles. The zero-order valence-electron chi connectivity index (χ0n) is 10.2. The van der Waals surface area contributed by atoms with E-state index in [0.29, 0.717) is 11.4 Å². The van der Waals surface area contributed by atoms with Gasteiger partial charge in [-0.2, -0.15) is 5.10 Å². The molecular weight excluding hydrogens is 314 g/mol. The average molecular weight is 328 g/mol. The minimum atomic E-state index is 0.383. The first-order valence-electron chi connectivity index (χ1n) is 5.63. The van der Waals surface area contributed by atoms with Gasteiger partial charge in [-0.1, -0.05) is 13.0 Å². The fourth-order valence-electron chi connectivity index (χ4n) is 1.53. The predicted molar refractivity (Wildman–Crippen MR) is 76.2 cm³/mol. The van der Waals surface area contributed by atoms with Crippen LogP contribution in [0.15, 0.2) is 22.7 Å². The second-order valence-electron chi connectivity index (χ2n) is 3.91. The molecule has 1 N–H and O–H groups in total. The molecule has 0 saturated heterocycles. The number of aromatic amines is 1. The van der Waals surface area contributed by atoms with E-state index in [1.807, 2.05) is 13.1 Å². The van der Waals surface area contributed by atoms with E-state index in [1.54, 1.807) is 4.57 Å². The topological polar surface area (TPSA) is 42.8 Å². The van der Waals surface area contributed by atoms with Crippen molar-refractivity contribution in [1.82, 2.24) is 14.8 Å². The second kappa shape index (κ2) is 5.67. The number of ether oxygens (including phenoxy) is 1. The van der Waals surface area contributed by atoms with Crippen LogP contribution in [0.25, 0.3) is 0 Å². The number of halogens is 1. The third-order valence-corrected chi connectivity index (χ3v) is 3.72. The molecule has 2 rings (SSSR count). The molecule has 1 aromatic carbocycles. The van der Waals surface area contributed by atoms with E-state index in [2.05, 4.69) is 45.2 Å². The Hall–Kier alpha value is -1.14. The molecule has 0 aliphatic carbocycles. The van der Waals surface area contributed by atoms with Crippen LogP contribution in [0, 0.1) is 4.77 Å². The van der Waals surface area contributed by atoms with Gasteiger partial charge in [0.15, 0.2) is 10.6 Å². The number of nitrogens with one attached hydrogen (secondary N) is 1. The number of benzene rings is 1. The van der Waals surface area contributed by atoms with Gasteiger partial charge < -0.3 is 9.30 Å². The Morgan fingerprint density at radius 3 is 2.83 bits per heavy atom. The largest absolute Gasteiger partial charge is 0.484 e. The zero-order chi connectivity index (χ0) is 13.1. The molecule has 0 bridgehead atoms. The smallest absolute Gasteiger partial charge is 0.194 e. The SMILES string of the molecule is CCc1ccc(OCc2n[nH]c(=S)n2C)c(Br)c1. The molecule has 0 unspecified atom stereocenters. The summed E-state index contributed by atoms with van der Waals surface area (Å²) < 4.78 is 9.06. The summed E-state index contributed by atoms with van der Waals surface area (Å²) in [5.41, 5.74) is 1.27. The van der Waals surface area contributed by atoms with Crippen LogP contribution in [0.4, 0.5) is 0 Å². The highest BCUT2D eigenvalue weighted by Crippen LogP contribution is 2.26. The van der Waals surface area contributed by atoms with Gasteiger partial charge in [0.1, 0.15) is 12.4 Å². The summed E-state index contributed by atoms with van der Waals surface area (Å²) >= 11 is 8.55. The molecule has 0 amide bonds. The Morgan fingerprint density at radius 1 is 1.50 bits per heavy atom. The van der Waals surface area contributed by atoms with Gasteiger partial charge in [-0.05, 0) is 52.3 Å². The molecule has 0 fully saturated rings. The Bertz CT molecular complexity index is 606. The lowest BCUT2D eigenvalue weighted by Crippen LogP contribution is -2.04. The van der Waals surface area contributed by atoms with Crippen molar-refractivity contribution in [3.8, 4) is 5.75 Å². The number of aryl methyl sites for hydroxylation is 1. The van der Waals surface area contributed by atoms with Crippen molar-refractivity contribution in [3.05, 3.63) is 38.8 Å². The number of H-pyrrole nitrogens is 1. The average Bonchev–Trinajstić information content (AvgIpc) is 2.68. The molecule has 6 heteroatoms. The number of rotatable bonds is 4. The fraction of sp³-hybridized carbons (Fsp3) is 0.333. The van der Waals surface area contributed by atoms with Crippen LogP contribution in [0.2, 0.25) is 0 Å². The lowest BCUT2D eigenvalue weighted by Gasteiger charge is -2.08. The van der Waals surface area contributed by atoms with Crippen molar-refractivity contribution >= 4 is 28.1 Å². The molecule has 4 nitrogen and oxygen atoms in total. The highest BCUT2D eigenvalue weighted by molar-refractivity contribution is 9.10. The molecule has 18 heavy (non-hydrogen) atoms. The molecule has 0 atom stereocenters. The number of hydrogen-bond donors (Lipinski definition) is 1. The highest BCUT2D eigenvalue weighted by atomic mass is 79.9. The molecular formula is C12H14BrN3OS. The van der Waals surface area contributed by atoms with Crippen LogP contribution in [-0.4, -0.2) is 14.8 Å². The number of hydrogen-bond acceptors (Lipinski definition) is 3. The first-order chi connectivity index (χ1) is 8.61. The molecule has 1 heterocycles. The number of nitrogens with zero attached hydrogens (tertiary/aromatic N) is 2. The van der Waals surface area contributed by atoms with Gasteiger partial charge in [-0.25, -0.2) is 0 Å². The lowest BCUT2D eigenvalue weighted by atomic mass is 10.2. The van der Waals surface area contributed by atoms with Crippen LogP contribution in [0.3, 0.4) is 0 Å². The van der Waals surface area contributed by atoms with Crippen LogP contribution in [-0.2, 0) is 20.1 Å². The predicted octanol–water partition coefficient (Wildman–Crippen LogP) is 3.38. The third kappa shape index (κ3) is 2.81. The van der Waals surface area contributed by atoms with E-state index < -0.39 is 0 Å². The Balaban J connectivity index is 2.11. The maximum absolute atomic E-state index is 5.72. The van der Waals surface area contributed by atoms with Crippen molar-refractivity contribution in [1.29, 1.82) is 0 Å². The molecule has 0 spiro atoms. The summed E-state index contributed by atoms with van der Waals surface area (Å²) in [6.45, 7) is 2.50. The molecule has 0 aliphatic rings. The van der Waals surface area contributed by atoms with Crippen molar-refractivity contribution in [2.24, 2.45) is 7.05 Å². The van der Waals surface area contributed by atoms with Crippen LogP contribution < -0.4 is 4.74 Å². The third-order valence-electron chi connectivity index (χ3n) is 2.73. The van der Waals surface area contributed by atoms with Gasteiger partial charge >= 0.3 is 0 Å². The lowest BCUT2D eigenvalue weighted by molar-refractivity contribution is 0.289. The fourth-order valence-corrected chi connectivity index (χ4v) is 2.22. The van der Waals surface area contributed by atoms with E-state index in [1.165, 1.54) is 5.56 Å². The zero-order valence-corrected chi connectivity index (χ0v) is 12.6. The summed E-state index contributed by atoms with van der Waals surface area (Å²) in [4.78, 5) is 0. The van der Waals surface area contributed by atoms with Crippen molar-refractivity contribution in [2.45, 2.75) is 20.0 Å². The van der Waals surface area contributed by atoms with Gasteiger partial charge in [0.2, 0.25) is 0 Å². The standard InChI is InChI=1S/C12H14BrN3OS/c1-3-8-4-5-10(9(13)6-8)17-7-11-14-15-12(18)16(11)2/h4-6H,3,7H2,1-2H3,(H,15,18). The Kier molecular flexibility index (Phi) is 4.19. The molecule has 96 valence electrons. The minimum absolute atomic E-state index is 0.383. The van der Waals surface area contributed by atoms with Crippen LogP contribution in [0.1, 0.15) is 18.3 Å². The molecule has 2 aromatic rings. The van der Waals surface area contributed by atoms with Gasteiger partial charge in [-0.3, -0.25) is 5.10 Å². The highest BCUT2D eigenvalue weighted by Gasteiger charge is 2.06. The van der Waals surface area contributed by atoms with Gasteiger partial charge in [0, 0.05) is 7.05 Å². The minimum Gasteiger partial charge on any atom is -0.484 e. The van der Waals surface area contributed by atoms with E-state index in [-0.39, 0.29) is 0 Å². The van der Waals surface area contributed by atoms with E-state index in [9.17, 15) is 0 Å². The van der Waals surface area contributed by atoms with Crippen molar-refractivity contribution < 1.29 is 4.74 Å². The van der Waals surface area contributed by atoms with E-state index >= 15 is 0 Å². The molecule has 1 aromatic heterocycles. The van der Waals surface area contributed by atoms with Gasteiger partial charge in [-0.15, -0.1) is 0 Å². The Labute approximate surface area is 119 Å². The van der Waals surface area contributed by atoms with Crippen LogP contribution >= 0.6 is 28.1 Å². The number of aromatic nitrogens is 3. The van der Waals surface area contributed by atoms with E-state index in [0.717, 1.165) is 22.5 Å². The summed E-state index contributed by atoms with van der Waals surface area (Å²) in [6.07, 6.45) is 1.01. The van der Waals surface area contributed by atoms with Crippen molar-refractivity contribution in [3.63, 3.8) is 0 Å². The quantitative estimate of drug-likeness (QED) is 0.875. The Morgan fingerprint density at radius 2 is 2.28 bits per heavy atom.